The van der Waals surface area contributed by atoms with Crippen LogP contribution >= 0.6 is 0 Å². The highest BCUT2D eigenvalue weighted by molar-refractivity contribution is 5.46. The highest BCUT2D eigenvalue weighted by Crippen LogP contribution is 2.17. The average molecular weight is 345 g/mol. The third-order valence-electron chi connectivity index (χ3n) is 5.18. The van der Waals surface area contributed by atoms with E-state index in [-0.39, 0.29) is 11.5 Å². The van der Waals surface area contributed by atoms with Crippen LogP contribution in [0.15, 0.2) is 29.1 Å². The van der Waals surface area contributed by atoms with Gasteiger partial charge >= 0.3 is 5.69 Å². The Morgan fingerprint density at radius 2 is 1.72 bits per heavy atom. The zero-order valence-corrected chi connectivity index (χ0v) is 14.4. The molecule has 0 saturated carbocycles. The first-order chi connectivity index (χ1) is 12.2. The first-order valence-electron chi connectivity index (χ1n) is 9.10. The number of halogens is 1. The predicted octanol–water partition coefficient (Wildman–Crippen LogP) is 1.69. The minimum Gasteiger partial charge on any atom is -0.369 e. The van der Waals surface area contributed by atoms with Gasteiger partial charge in [0.05, 0.1) is 6.67 Å². The summed E-state index contributed by atoms with van der Waals surface area (Å²) in [6, 6.07) is 6.64. The van der Waals surface area contributed by atoms with Crippen LogP contribution in [0.25, 0.3) is 0 Å². The van der Waals surface area contributed by atoms with E-state index in [1.807, 2.05) is 16.7 Å². The number of anilines is 1. The molecule has 1 aromatic carbocycles. The summed E-state index contributed by atoms with van der Waals surface area (Å²) < 4.78 is 16.5. The third-order valence-corrected chi connectivity index (χ3v) is 5.18. The molecule has 2 aliphatic rings. The fourth-order valence-electron chi connectivity index (χ4n) is 3.71. The Labute approximate surface area is 146 Å². The van der Waals surface area contributed by atoms with E-state index in [4.69, 9.17) is 0 Å². The minimum atomic E-state index is -0.207. The summed E-state index contributed by atoms with van der Waals surface area (Å²) in [6.45, 7) is 4.82. The van der Waals surface area contributed by atoms with Gasteiger partial charge in [0.25, 0.3) is 0 Å². The van der Waals surface area contributed by atoms with Crippen molar-refractivity contribution in [2.24, 2.45) is 0 Å². The van der Waals surface area contributed by atoms with Crippen LogP contribution in [0.5, 0.6) is 0 Å². The Bertz CT molecular complexity index is 774. The Morgan fingerprint density at radius 1 is 0.960 bits per heavy atom. The second-order valence-corrected chi connectivity index (χ2v) is 6.88. The van der Waals surface area contributed by atoms with Gasteiger partial charge in [0.15, 0.2) is 0 Å². The van der Waals surface area contributed by atoms with Crippen molar-refractivity contribution >= 4 is 5.69 Å². The minimum absolute atomic E-state index is 0.0258. The number of fused-ring (bicyclic) bond motifs is 1. The van der Waals surface area contributed by atoms with Gasteiger partial charge in [-0.2, -0.15) is 9.78 Å². The number of hydrogen-bond donors (Lipinski definition) is 0. The van der Waals surface area contributed by atoms with E-state index >= 15 is 0 Å². The van der Waals surface area contributed by atoms with Crippen LogP contribution < -0.4 is 10.6 Å². The highest BCUT2D eigenvalue weighted by atomic mass is 19.1. The zero-order chi connectivity index (χ0) is 17.2. The molecular weight excluding hydrogens is 321 g/mol. The number of aryl methyl sites for hydroxylation is 1. The van der Waals surface area contributed by atoms with Crippen LogP contribution in [0.2, 0.25) is 0 Å². The lowest BCUT2D eigenvalue weighted by atomic mass is 10.2. The zero-order valence-electron chi connectivity index (χ0n) is 14.4. The summed E-state index contributed by atoms with van der Waals surface area (Å²) in [6.07, 6.45) is 4.26. The molecule has 0 unspecified atom stereocenters. The molecule has 0 radical (unpaired) electrons. The van der Waals surface area contributed by atoms with Crippen LogP contribution in [0, 0.1) is 5.82 Å². The lowest BCUT2D eigenvalue weighted by Gasteiger charge is -2.35. The molecule has 1 saturated heterocycles. The molecule has 0 bridgehead atoms. The maximum absolute atomic E-state index is 13.1. The Balaban J connectivity index is 1.39. The van der Waals surface area contributed by atoms with Gasteiger partial charge in [-0.3, -0.25) is 9.47 Å². The second-order valence-electron chi connectivity index (χ2n) is 6.88. The summed E-state index contributed by atoms with van der Waals surface area (Å²) >= 11 is 0. The molecule has 0 spiro atoms. The monoisotopic (exact) mass is 345 g/mol. The molecule has 0 N–H and O–H groups in total. The van der Waals surface area contributed by atoms with Gasteiger partial charge in [-0.15, -0.1) is 0 Å². The normalized spacial score (nSPS) is 18.8. The SMILES string of the molecule is O=c1n(CN2CCN(c3ccc(F)cc3)CC2)nc2n1CCCCC2. The summed E-state index contributed by atoms with van der Waals surface area (Å²) in [4.78, 5) is 17.1. The fraction of sp³-hybridized carbons (Fsp3) is 0.556. The van der Waals surface area contributed by atoms with Gasteiger partial charge in [-0.05, 0) is 37.1 Å². The summed E-state index contributed by atoms with van der Waals surface area (Å²) in [5.41, 5.74) is 1.07. The average Bonchev–Trinajstić information content (AvgIpc) is 2.79. The number of hydrogen-bond acceptors (Lipinski definition) is 4. The second kappa shape index (κ2) is 7.00. The van der Waals surface area contributed by atoms with E-state index in [2.05, 4.69) is 14.9 Å². The maximum atomic E-state index is 13.1. The number of rotatable bonds is 3. The molecule has 2 aliphatic heterocycles. The van der Waals surface area contributed by atoms with Gasteiger partial charge in [-0.25, -0.2) is 9.18 Å². The van der Waals surface area contributed by atoms with E-state index in [0.29, 0.717) is 6.67 Å². The van der Waals surface area contributed by atoms with Crippen molar-refractivity contribution in [1.82, 2.24) is 19.2 Å². The lowest BCUT2D eigenvalue weighted by Crippen LogP contribution is -2.48. The van der Waals surface area contributed by atoms with E-state index in [0.717, 1.165) is 63.5 Å². The molecule has 2 aromatic rings. The topological polar surface area (TPSA) is 46.3 Å². The van der Waals surface area contributed by atoms with Crippen molar-refractivity contribution in [2.45, 2.75) is 38.9 Å². The summed E-state index contributed by atoms with van der Waals surface area (Å²) in [5.74, 6) is 0.730. The van der Waals surface area contributed by atoms with Gasteiger partial charge in [0, 0.05) is 44.8 Å². The van der Waals surface area contributed by atoms with Crippen molar-refractivity contribution < 1.29 is 4.39 Å². The lowest BCUT2D eigenvalue weighted by molar-refractivity contribution is 0.192. The van der Waals surface area contributed by atoms with Gasteiger partial charge in [0.1, 0.15) is 11.6 Å². The number of aromatic nitrogens is 3. The standard InChI is InChI=1S/C18H24FN5O/c19-15-5-7-16(8-6-15)22-12-10-21(11-13-22)14-24-18(25)23-9-3-1-2-4-17(23)20-24/h5-8H,1-4,9-14H2. The predicted molar refractivity (Wildman–Crippen MR) is 94.2 cm³/mol. The Morgan fingerprint density at radius 3 is 2.48 bits per heavy atom. The van der Waals surface area contributed by atoms with Crippen LogP contribution in [-0.2, 0) is 19.6 Å². The van der Waals surface area contributed by atoms with Gasteiger partial charge < -0.3 is 4.90 Å². The fourth-order valence-corrected chi connectivity index (χ4v) is 3.71. The van der Waals surface area contributed by atoms with Crippen molar-refractivity contribution in [3.8, 4) is 0 Å². The molecule has 1 fully saturated rings. The van der Waals surface area contributed by atoms with Crippen LogP contribution in [-0.4, -0.2) is 45.4 Å². The molecule has 3 heterocycles. The Kier molecular flexibility index (Phi) is 4.57. The smallest absolute Gasteiger partial charge is 0.347 e. The van der Waals surface area contributed by atoms with E-state index in [1.54, 1.807) is 4.68 Å². The van der Waals surface area contributed by atoms with Gasteiger partial charge in [-0.1, -0.05) is 6.42 Å². The van der Waals surface area contributed by atoms with Crippen molar-refractivity contribution in [1.29, 1.82) is 0 Å². The van der Waals surface area contributed by atoms with E-state index in [9.17, 15) is 9.18 Å². The summed E-state index contributed by atoms with van der Waals surface area (Å²) in [5, 5.41) is 4.56. The molecule has 25 heavy (non-hydrogen) atoms. The third kappa shape index (κ3) is 3.46. The van der Waals surface area contributed by atoms with E-state index < -0.39 is 0 Å². The van der Waals surface area contributed by atoms with Crippen LogP contribution in [0.3, 0.4) is 0 Å². The Hall–Kier alpha value is -2.15. The highest BCUT2D eigenvalue weighted by Gasteiger charge is 2.21. The maximum Gasteiger partial charge on any atom is 0.347 e. The van der Waals surface area contributed by atoms with Gasteiger partial charge in [0.2, 0.25) is 0 Å². The van der Waals surface area contributed by atoms with E-state index in [1.165, 1.54) is 18.6 Å². The molecule has 0 aliphatic carbocycles. The molecular formula is C18H24FN5O. The molecule has 6 nitrogen and oxygen atoms in total. The number of piperazine rings is 1. The van der Waals surface area contributed by atoms with Crippen molar-refractivity contribution in [3.63, 3.8) is 0 Å². The number of benzene rings is 1. The molecule has 7 heteroatoms. The van der Waals surface area contributed by atoms with Crippen molar-refractivity contribution in [3.05, 3.63) is 46.4 Å². The molecule has 134 valence electrons. The van der Waals surface area contributed by atoms with Crippen LogP contribution in [0.1, 0.15) is 25.1 Å². The largest absolute Gasteiger partial charge is 0.369 e. The molecule has 0 amide bonds. The first-order valence-corrected chi connectivity index (χ1v) is 9.10. The molecule has 0 atom stereocenters. The summed E-state index contributed by atoms with van der Waals surface area (Å²) in [7, 11) is 0. The van der Waals surface area contributed by atoms with Crippen LogP contribution in [0.4, 0.5) is 10.1 Å². The quantitative estimate of drug-likeness (QED) is 0.849. The molecule has 4 rings (SSSR count). The molecule has 1 aromatic heterocycles. The van der Waals surface area contributed by atoms with Crippen molar-refractivity contribution in [2.75, 3.05) is 31.1 Å². The first kappa shape index (κ1) is 16.3. The number of nitrogens with zero attached hydrogens (tertiary/aromatic N) is 5.